The van der Waals surface area contributed by atoms with Crippen LogP contribution in [0.15, 0.2) is 58.7 Å². The highest BCUT2D eigenvalue weighted by molar-refractivity contribution is 6.31. The molecule has 1 aromatic rings. The van der Waals surface area contributed by atoms with Crippen molar-refractivity contribution in [3.05, 3.63) is 64.2 Å². The molecule has 39 heavy (non-hydrogen) atoms. The molecule has 5 aliphatic rings. The third-order valence-electron chi connectivity index (χ3n) is 8.60. The molecule has 1 saturated heterocycles. The summed E-state index contributed by atoms with van der Waals surface area (Å²) < 4.78 is 0. The number of carbonyl (C=O) groups excluding carboxylic acids is 3. The van der Waals surface area contributed by atoms with E-state index >= 15 is 0 Å². The van der Waals surface area contributed by atoms with E-state index in [-0.39, 0.29) is 48.7 Å². The Hall–Kier alpha value is -3.10. The number of anilines is 1. The number of hydrogen-bond donors (Lipinski definition) is 2. The van der Waals surface area contributed by atoms with Crippen molar-refractivity contribution < 1.29 is 14.4 Å². The van der Waals surface area contributed by atoms with Gasteiger partial charge in [-0.3, -0.25) is 14.4 Å². The van der Waals surface area contributed by atoms with Gasteiger partial charge in [-0.2, -0.15) is 5.10 Å². The summed E-state index contributed by atoms with van der Waals surface area (Å²) in [5.41, 5.74) is 1.31. The summed E-state index contributed by atoms with van der Waals surface area (Å²) in [6, 6.07) is 5.18. The van der Waals surface area contributed by atoms with E-state index < -0.39 is 11.5 Å². The molecule has 1 unspecified atom stereocenters. The summed E-state index contributed by atoms with van der Waals surface area (Å²) in [4.78, 5) is 42.1. The highest BCUT2D eigenvalue weighted by Gasteiger charge is 2.64. The number of nitrogens with zero attached hydrogens (tertiary/aromatic N) is 3. The molecule has 10 heteroatoms. The molecular formula is C29H31Cl2N5O3. The number of halogens is 2. The maximum atomic E-state index is 14.3. The molecule has 1 aromatic carbocycles. The number of amidine groups is 1. The Morgan fingerprint density at radius 1 is 1.26 bits per heavy atom. The van der Waals surface area contributed by atoms with E-state index in [9.17, 15) is 14.4 Å². The van der Waals surface area contributed by atoms with Crippen molar-refractivity contribution in [2.75, 3.05) is 18.4 Å². The first kappa shape index (κ1) is 26.1. The van der Waals surface area contributed by atoms with Crippen LogP contribution in [0.4, 0.5) is 5.69 Å². The van der Waals surface area contributed by atoms with Gasteiger partial charge < -0.3 is 15.5 Å². The Bertz CT molecular complexity index is 1370. The fourth-order valence-electron chi connectivity index (χ4n) is 6.67. The number of benzene rings is 1. The molecule has 0 bridgehead atoms. The Balaban J connectivity index is 1.48. The molecule has 204 valence electrons. The molecule has 8 nitrogen and oxygen atoms in total. The monoisotopic (exact) mass is 567 g/mol. The van der Waals surface area contributed by atoms with Crippen molar-refractivity contribution in [2.24, 2.45) is 16.9 Å². The molecule has 2 fully saturated rings. The summed E-state index contributed by atoms with van der Waals surface area (Å²) >= 11 is 12.9. The maximum absolute atomic E-state index is 14.3. The third-order valence-corrected chi connectivity index (χ3v) is 9.12. The zero-order chi connectivity index (χ0) is 27.5. The van der Waals surface area contributed by atoms with Crippen molar-refractivity contribution in [1.29, 1.82) is 0 Å². The zero-order valence-corrected chi connectivity index (χ0v) is 23.3. The van der Waals surface area contributed by atoms with Crippen molar-refractivity contribution in [1.82, 2.24) is 15.2 Å². The van der Waals surface area contributed by atoms with Gasteiger partial charge in [-0.1, -0.05) is 60.5 Å². The van der Waals surface area contributed by atoms with E-state index in [1.54, 1.807) is 12.1 Å². The number of allylic oxidation sites excluding steroid dienone is 4. The molecule has 1 spiro atoms. The lowest BCUT2D eigenvalue weighted by Crippen LogP contribution is -2.68. The molecule has 1 saturated carbocycles. The number of carbonyl (C=O) groups is 3. The first-order valence-corrected chi connectivity index (χ1v) is 14.2. The molecule has 2 aliphatic carbocycles. The molecule has 6 rings (SSSR count). The number of amides is 3. The van der Waals surface area contributed by atoms with Gasteiger partial charge in [0.05, 0.1) is 6.04 Å². The minimum Gasteiger partial charge on any atom is -0.352 e. The van der Waals surface area contributed by atoms with Gasteiger partial charge in [0, 0.05) is 28.2 Å². The van der Waals surface area contributed by atoms with Crippen molar-refractivity contribution >= 4 is 52.4 Å². The highest BCUT2D eigenvalue weighted by Crippen LogP contribution is 2.57. The Morgan fingerprint density at radius 2 is 2.05 bits per heavy atom. The largest absolute Gasteiger partial charge is 0.352 e. The predicted molar refractivity (Wildman–Crippen MR) is 151 cm³/mol. The van der Waals surface area contributed by atoms with Gasteiger partial charge in [-0.25, -0.2) is 5.01 Å². The van der Waals surface area contributed by atoms with Crippen LogP contribution in [0.5, 0.6) is 0 Å². The minimum atomic E-state index is -1.04. The fraction of sp³-hybridized carbons (Fsp3) is 0.448. The standard InChI is InChI=1S/C29H31Cl2N5O3/c1-3-16(2)27-29(21-10-7-19(31)12-23(21)33-28(29)39)22(17-5-4-6-18(30)11-17)13-24-34-36(26(38)15-35(24)27)14-25(37)32-20-8-9-20/h4-7,10,12,17,20,22,27H,2-3,8-9,11,13-15H2,1H3,(H,32,37)(H,33,39)/t17?,22-,27+,29-/m0/s1. The van der Waals surface area contributed by atoms with Crippen LogP contribution in [0.3, 0.4) is 0 Å². The Morgan fingerprint density at radius 3 is 2.77 bits per heavy atom. The summed E-state index contributed by atoms with van der Waals surface area (Å²) in [6.07, 6.45) is 9.49. The van der Waals surface area contributed by atoms with Gasteiger partial charge in [-0.05, 0) is 61.3 Å². The van der Waals surface area contributed by atoms with Crippen molar-refractivity contribution in [3.63, 3.8) is 0 Å². The van der Waals surface area contributed by atoms with Gasteiger partial charge in [-0.15, -0.1) is 0 Å². The topological polar surface area (TPSA) is 94.1 Å². The molecule has 3 heterocycles. The Kier molecular flexibility index (Phi) is 6.58. The molecule has 3 amide bonds. The Labute approximate surface area is 237 Å². The number of rotatable bonds is 6. The zero-order valence-electron chi connectivity index (χ0n) is 21.8. The average molecular weight is 569 g/mol. The number of piperidine rings is 1. The minimum absolute atomic E-state index is 0.00503. The highest BCUT2D eigenvalue weighted by atomic mass is 35.5. The molecular weight excluding hydrogens is 537 g/mol. The number of hydrazone groups is 1. The van der Waals surface area contributed by atoms with Crippen molar-refractivity contribution in [2.45, 2.75) is 56.5 Å². The molecule has 0 aromatic heterocycles. The summed E-state index contributed by atoms with van der Waals surface area (Å²) in [7, 11) is 0. The molecule has 4 atom stereocenters. The van der Waals surface area contributed by atoms with Crippen LogP contribution in [0.1, 0.15) is 44.6 Å². The number of fused-ring (bicyclic) bond motifs is 3. The number of hydrogen-bond acceptors (Lipinski definition) is 5. The van der Waals surface area contributed by atoms with Crippen LogP contribution < -0.4 is 10.6 Å². The lowest BCUT2D eigenvalue weighted by Gasteiger charge is -2.56. The van der Waals surface area contributed by atoms with E-state index in [2.05, 4.69) is 23.3 Å². The van der Waals surface area contributed by atoms with Gasteiger partial charge in [0.2, 0.25) is 11.8 Å². The fourth-order valence-corrected chi connectivity index (χ4v) is 7.09. The quantitative estimate of drug-likeness (QED) is 0.500. The van der Waals surface area contributed by atoms with E-state index in [0.717, 1.165) is 29.0 Å². The van der Waals surface area contributed by atoms with E-state index in [1.807, 2.05) is 30.0 Å². The molecule has 3 aliphatic heterocycles. The lowest BCUT2D eigenvalue weighted by atomic mass is 9.56. The van der Waals surface area contributed by atoms with Crippen LogP contribution in [0, 0.1) is 11.8 Å². The van der Waals surface area contributed by atoms with Crippen LogP contribution in [0.2, 0.25) is 5.02 Å². The van der Waals surface area contributed by atoms with Crippen LogP contribution in [0.25, 0.3) is 0 Å². The van der Waals surface area contributed by atoms with Gasteiger partial charge in [0.15, 0.2) is 0 Å². The third kappa shape index (κ3) is 4.38. The molecule has 0 radical (unpaired) electrons. The second-order valence-corrected chi connectivity index (χ2v) is 12.0. The summed E-state index contributed by atoms with van der Waals surface area (Å²) in [6.45, 7) is 6.30. The van der Waals surface area contributed by atoms with E-state index in [0.29, 0.717) is 35.8 Å². The first-order chi connectivity index (χ1) is 18.7. The van der Waals surface area contributed by atoms with Crippen LogP contribution in [-0.2, 0) is 19.8 Å². The van der Waals surface area contributed by atoms with Gasteiger partial charge >= 0.3 is 0 Å². The van der Waals surface area contributed by atoms with Gasteiger partial charge in [0.25, 0.3) is 5.91 Å². The van der Waals surface area contributed by atoms with Crippen LogP contribution in [-0.4, -0.2) is 58.6 Å². The second kappa shape index (κ2) is 9.82. The maximum Gasteiger partial charge on any atom is 0.262 e. The first-order valence-electron chi connectivity index (χ1n) is 13.5. The van der Waals surface area contributed by atoms with Gasteiger partial charge in [0.1, 0.15) is 24.3 Å². The van der Waals surface area contributed by atoms with E-state index in [4.69, 9.17) is 28.3 Å². The normalized spacial score (nSPS) is 29.5. The SMILES string of the molecule is C=C(CC)[C@H]1N2CC(=O)N(CC(=O)NC3CC3)N=C2C[C@@H](C2C=CC=C(Cl)C2)[C@]12C(=O)Nc1cc(Cl)ccc12. The second-order valence-electron chi connectivity index (χ2n) is 11.0. The van der Waals surface area contributed by atoms with E-state index in [1.165, 1.54) is 5.01 Å². The molecule has 2 N–H and O–H groups in total. The smallest absolute Gasteiger partial charge is 0.262 e. The summed E-state index contributed by atoms with van der Waals surface area (Å²) in [5.74, 6) is -0.256. The predicted octanol–water partition coefficient (Wildman–Crippen LogP) is 4.32. The summed E-state index contributed by atoms with van der Waals surface area (Å²) in [5, 5.41) is 13.3. The lowest BCUT2D eigenvalue weighted by molar-refractivity contribution is -0.139. The van der Waals surface area contributed by atoms with Crippen LogP contribution >= 0.6 is 23.2 Å². The number of nitrogens with one attached hydrogen (secondary N) is 2. The van der Waals surface area contributed by atoms with Crippen molar-refractivity contribution in [3.8, 4) is 0 Å². The average Bonchev–Trinajstić information content (AvgIpc) is 3.67.